The van der Waals surface area contributed by atoms with E-state index in [0.717, 1.165) is 25.2 Å². The summed E-state index contributed by atoms with van der Waals surface area (Å²) in [6, 6.07) is 4.53. The van der Waals surface area contributed by atoms with Crippen LogP contribution in [0, 0.1) is 15.5 Å². The van der Waals surface area contributed by atoms with Crippen LogP contribution in [0.15, 0.2) is 18.2 Å². The van der Waals surface area contributed by atoms with E-state index in [9.17, 15) is 14.9 Å². The maximum atomic E-state index is 11.7. The lowest BCUT2D eigenvalue weighted by Gasteiger charge is -2.23. The quantitative estimate of drug-likeness (QED) is 0.477. The first-order valence-electron chi connectivity index (χ1n) is 6.34. The highest BCUT2D eigenvalue weighted by molar-refractivity contribution is 6.00. The minimum atomic E-state index is -0.468. The van der Waals surface area contributed by atoms with Gasteiger partial charge in [0.15, 0.2) is 5.78 Å². The van der Waals surface area contributed by atoms with Crippen LogP contribution >= 0.6 is 0 Å². The smallest absolute Gasteiger partial charge is 0.270 e. The van der Waals surface area contributed by atoms with E-state index in [2.05, 4.69) is 18.7 Å². The van der Waals surface area contributed by atoms with Gasteiger partial charge in [-0.05, 0) is 24.8 Å². The number of non-ortho nitro benzene ring substituents is 1. The molecule has 1 fully saturated rings. The zero-order valence-corrected chi connectivity index (χ0v) is 11.5. The van der Waals surface area contributed by atoms with Crippen LogP contribution in [0.3, 0.4) is 0 Å². The van der Waals surface area contributed by atoms with Gasteiger partial charge in [-0.25, -0.2) is 0 Å². The number of Topliss-reactive ketones (excluding diaryl/α,β-unsaturated/α-hetero) is 1. The second kappa shape index (κ2) is 4.64. The van der Waals surface area contributed by atoms with Gasteiger partial charge in [0.05, 0.1) is 4.92 Å². The second-order valence-electron chi connectivity index (χ2n) is 5.85. The highest BCUT2D eigenvalue weighted by Gasteiger charge is 2.31. The number of anilines is 1. The molecule has 0 aliphatic carbocycles. The zero-order chi connectivity index (χ0) is 14.2. The van der Waals surface area contributed by atoms with Crippen LogP contribution < -0.4 is 4.90 Å². The van der Waals surface area contributed by atoms with Gasteiger partial charge in [0.2, 0.25) is 0 Å². The number of nitro groups is 1. The SMILES string of the molecule is CC(=O)c1cc([N+](=O)[O-])ccc1N1CCC(C)(C)C1. The first-order chi connectivity index (χ1) is 8.80. The van der Waals surface area contributed by atoms with Crippen LogP contribution in [0.1, 0.15) is 37.6 Å². The van der Waals surface area contributed by atoms with Crippen molar-refractivity contribution in [3.05, 3.63) is 33.9 Å². The molecule has 0 atom stereocenters. The van der Waals surface area contributed by atoms with Gasteiger partial charge in [-0.2, -0.15) is 0 Å². The first kappa shape index (κ1) is 13.5. The minimum Gasteiger partial charge on any atom is -0.370 e. The number of ketones is 1. The number of nitrogens with zero attached hydrogens (tertiary/aromatic N) is 2. The molecular formula is C14H18N2O3. The molecule has 0 bridgehead atoms. The summed E-state index contributed by atoms with van der Waals surface area (Å²) in [4.78, 5) is 24.2. The Morgan fingerprint density at radius 1 is 1.42 bits per heavy atom. The monoisotopic (exact) mass is 262 g/mol. The molecule has 2 rings (SSSR count). The Labute approximate surface area is 112 Å². The zero-order valence-electron chi connectivity index (χ0n) is 11.5. The minimum absolute atomic E-state index is 0.0348. The van der Waals surface area contributed by atoms with E-state index in [0.29, 0.717) is 5.56 Å². The molecular weight excluding hydrogens is 244 g/mol. The summed E-state index contributed by atoms with van der Waals surface area (Å²) < 4.78 is 0. The highest BCUT2D eigenvalue weighted by Crippen LogP contribution is 2.35. The fourth-order valence-electron chi connectivity index (χ4n) is 2.51. The molecule has 0 unspecified atom stereocenters. The number of carbonyl (C=O) groups is 1. The average Bonchev–Trinajstić information content (AvgIpc) is 2.68. The molecule has 0 aromatic heterocycles. The molecule has 5 heteroatoms. The van der Waals surface area contributed by atoms with E-state index in [1.54, 1.807) is 6.07 Å². The van der Waals surface area contributed by atoms with Crippen LogP contribution in [0.2, 0.25) is 0 Å². The van der Waals surface area contributed by atoms with Crippen LogP contribution in [-0.4, -0.2) is 23.8 Å². The molecule has 0 N–H and O–H groups in total. The average molecular weight is 262 g/mol. The molecule has 1 aromatic rings. The molecule has 1 heterocycles. The molecule has 0 spiro atoms. The highest BCUT2D eigenvalue weighted by atomic mass is 16.6. The molecule has 1 saturated heterocycles. The Morgan fingerprint density at radius 3 is 2.58 bits per heavy atom. The molecule has 0 saturated carbocycles. The lowest BCUT2D eigenvalue weighted by Crippen LogP contribution is -2.24. The maximum Gasteiger partial charge on any atom is 0.270 e. The van der Waals surface area contributed by atoms with E-state index in [4.69, 9.17) is 0 Å². The lowest BCUT2D eigenvalue weighted by molar-refractivity contribution is -0.384. The molecule has 5 nitrogen and oxygen atoms in total. The Balaban J connectivity index is 2.41. The van der Waals surface area contributed by atoms with Crippen molar-refractivity contribution in [1.29, 1.82) is 0 Å². The van der Waals surface area contributed by atoms with Crippen molar-refractivity contribution in [2.45, 2.75) is 27.2 Å². The number of hydrogen-bond donors (Lipinski definition) is 0. The van der Waals surface area contributed by atoms with Crippen molar-refractivity contribution in [2.75, 3.05) is 18.0 Å². The molecule has 1 aliphatic heterocycles. The summed E-state index contributed by atoms with van der Waals surface area (Å²) in [7, 11) is 0. The number of carbonyl (C=O) groups excluding carboxylic acids is 1. The number of nitro benzene ring substituents is 1. The normalized spacial score (nSPS) is 17.5. The Kier molecular flexibility index (Phi) is 3.30. The van der Waals surface area contributed by atoms with E-state index in [-0.39, 0.29) is 16.9 Å². The molecule has 1 aromatic carbocycles. The molecule has 0 amide bonds. The van der Waals surface area contributed by atoms with E-state index in [1.165, 1.54) is 19.1 Å². The first-order valence-corrected chi connectivity index (χ1v) is 6.34. The van der Waals surface area contributed by atoms with Gasteiger partial charge in [-0.1, -0.05) is 13.8 Å². The van der Waals surface area contributed by atoms with Crippen molar-refractivity contribution >= 4 is 17.2 Å². The van der Waals surface area contributed by atoms with E-state index < -0.39 is 4.92 Å². The Hall–Kier alpha value is -1.91. The van der Waals surface area contributed by atoms with Gasteiger partial charge in [0.25, 0.3) is 5.69 Å². The van der Waals surface area contributed by atoms with Crippen molar-refractivity contribution < 1.29 is 9.72 Å². The summed E-state index contributed by atoms with van der Waals surface area (Å²) in [5, 5.41) is 10.8. The largest absolute Gasteiger partial charge is 0.370 e. The van der Waals surface area contributed by atoms with Gasteiger partial charge in [-0.15, -0.1) is 0 Å². The van der Waals surface area contributed by atoms with Crippen molar-refractivity contribution in [3.63, 3.8) is 0 Å². The maximum absolute atomic E-state index is 11.7. The van der Waals surface area contributed by atoms with Crippen molar-refractivity contribution in [1.82, 2.24) is 0 Å². The van der Waals surface area contributed by atoms with Crippen LogP contribution in [0.25, 0.3) is 0 Å². The molecule has 1 aliphatic rings. The fraction of sp³-hybridized carbons (Fsp3) is 0.500. The summed E-state index contributed by atoms with van der Waals surface area (Å²) in [6.07, 6.45) is 1.06. The topological polar surface area (TPSA) is 63.4 Å². The Bertz CT molecular complexity index is 537. The summed E-state index contributed by atoms with van der Waals surface area (Å²) in [6.45, 7) is 7.57. The lowest BCUT2D eigenvalue weighted by atomic mass is 9.93. The number of rotatable bonds is 3. The third-order valence-corrected chi connectivity index (χ3v) is 3.59. The number of hydrogen-bond acceptors (Lipinski definition) is 4. The van der Waals surface area contributed by atoms with Crippen LogP contribution in [0.5, 0.6) is 0 Å². The van der Waals surface area contributed by atoms with Gasteiger partial charge >= 0.3 is 0 Å². The molecule has 19 heavy (non-hydrogen) atoms. The van der Waals surface area contributed by atoms with Crippen LogP contribution in [-0.2, 0) is 0 Å². The van der Waals surface area contributed by atoms with Crippen molar-refractivity contribution in [2.24, 2.45) is 5.41 Å². The third-order valence-electron chi connectivity index (χ3n) is 3.59. The van der Waals surface area contributed by atoms with E-state index in [1.807, 2.05) is 0 Å². The van der Waals surface area contributed by atoms with Gasteiger partial charge in [0.1, 0.15) is 0 Å². The third kappa shape index (κ3) is 2.75. The predicted molar refractivity (Wildman–Crippen MR) is 73.7 cm³/mol. The van der Waals surface area contributed by atoms with Gasteiger partial charge in [0, 0.05) is 36.5 Å². The molecule has 0 radical (unpaired) electrons. The van der Waals surface area contributed by atoms with Crippen molar-refractivity contribution in [3.8, 4) is 0 Å². The van der Waals surface area contributed by atoms with Gasteiger partial charge < -0.3 is 4.90 Å². The van der Waals surface area contributed by atoms with Crippen LogP contribution in [0.4, 0.5) is 11.4 Å². The Morgan fingerprint density at radius 2 is 2.11 bits per heavy atom. The predicted octanol–water partition coefficient (Wildman–Crippen LogP) is 3.03. The van der Waals surface area contributed by atoms with E-state index >= 15 is 0 Å². The second-order valence-corrected chi connectivity index (χ2v) is 5.85. The fourth-order valence-corrected chi connectivity index (χ4v) is 2.51. The number of benzene rings is 1. The molecule has 102 valence electrons. The summed E-state index contributed by atoms with van der Waals surface area (Å²) >= 11 is 0. The standard InChI is InChI=1S/C14H18N2O3/c1-10(17)12-8-11(16(18)19)4-5-13(12)15-7-6-14(2,3)9-15/h4-5,8H,6-7,9H2,1-3H3. The summed E-state index contributed by atoms with van der Waals surface area (Å²) in [5.74, 6) is -0.136. The van der Waals surface area contributed by atoms with Gasteiger partial charge in [-0.3, -0.25) is 14.9 Å². The summed E-state index contributed by atoms with van der Waals surface area (Å²) in [5.41, 5.74) is 1.43.